The quantitative estimate of drug-likeness (QED) is 0.0343. The van der Waals surface area contributed by atoms with Crippen molar-refractivity contribution in [3.63, 3.8) is 0 Å². The Labute approximate surface area is 476 Å². The van der Waals surface area contributed by atoms with Gasteiger partial charge in [-0.25, -0.2) is 0 Å². The summed E-state index contributed by atoms with van der Waals surface area (Å²) < 4.78 is 16.9. The lowest BCUT2D eigenvalue weighted by molar-refractivity contribution is -0.167. The van der Waals surface area contributed by atoms with Crippen molar-refractivity contribution >= 4 is 17.9 Å². The molecular formula is C70H136O6. The van der Waals surface area contributed by atoms with Gasteiger partial charge in [0.25, 0.3) is 0 Å². The van der Waals surface area contributed by atoms with Crippen LogP contribution in [0.3, 0.4) is 0 Å². The molecule has 0 rings (SSSR count). The van der Waals surface area contributed by atoms with Crippen LogP contribution < -0.4 is 0 Å². The van der Waals surface area contributed by atoms with E-state index in [0.29, 0.717) is 19.3 Å². The summed E-state index contributed by atoms with van der Waals surface area (Å²) in [4.78, 5) is 38.1. The Morgan fingerprint density at radius 3 is 0.526 bits per heavy atom. The largest absolute Gasteiger partial charge is 0.462 e. The number of hydrogen-bond donors (Lipinski definition) is 0. The zero-order valence-electron chi connectivity index (χ0n) is 52.1. The third-order valence-corrected chi connectivity index (χ3v) is 16.4. The van der Waals surface area contributed by atoms with E-state index in [1.807, 2.05) is 0 Å². The van der Waals surface area contributed by atoms with Crippen LogP contribution in [0, 0.1) is 0 Å². The fourth-order valence-corrected chi connectivity index (χ4v) is 11.1. The molecule has 0 N–H and O–H groups in total. The summed E-state index contributed by atoms with van der Waals surface area (Å²) in [5.74, 6) is -0.833. The van der Waals surface area contributed by atoms with Gasteiger partial charge in [-0.15, -0.1) is 0 Å². The van der Waals surface area contributed by atoms with Gasteiger partial charge in [-0.3, -0.25) is 14.4 Å². The lowest BCUT2D eigenvalue weighted by Gasteiger charge is -2.18. The van der Waals surface area contributed by atoms with Crippen LogP contribution in [0.25, 0.3) is 0 Å². The molecule has 0 radical (unpaired) electrons. The van der Waals surface area contributed by atoms with Crippen molar-refractivity contribution in [2.24, 2.45) is 0 Å². The second kappa shape index (κ2) is 65.9. The summed E-state index contributed by atoms with van der Waals surface area (Å²) in [6.07, 6.45) is 77.5. The first-order valence-corrected chi connectivity index (χ1v) is 35.0. The van der Waals surface area contributed by atoms with E-state index >= 15 is 0 Å². The Kier molecular flexibility index (Phi) is 64.5. The van der Waals surface area contributed by atoms with Crippen molar-refractivity contribution in [1.82, 2.24) is 0 Å². The zero-order chi connectivity index (χ0) is 55.0. The SMILES string of the molecule is CCCCCCCCCCCCCCCCCCCCCCCCCCCCCCCCCCCCC(=O)OCC(COC(=O)CCCCCCCCCC)OC(=O)CCCCCCCCCCCCCCCCCC. The molecule has 0 saturated carbocycles. The Bertz CT molecular complexity index is 1140. The molecule has 0 spiro atoms. The van der Waals surface area contributed by atoms with E-state index in [9.17, 15) is 14.4 Å². The van der Waals surface area contributed by atoms with E-state index < -0.39 is 6.10 Å². The highest BCUT2D eigenvalue weighted by Gasteiger charge is 2.19. The summed E-state index contributed by atoms with van der Waals surface area (Å²) >= 11 is 0. The highest BCUT2D eigenvalue weighted by Crippen LogP contribution is 2.19. The maximum atomic E-state index is 12.9. The molecule has 0 aromatic carbocycles. The van der Waals surface area contributed by atoms with Crippen molar-refractivity contribution in [1.29, 1.82) is 0 Å². The predicted octanol–water partition coefficient (Wildman–Crippen LogP) is 23.8. The van der Waals surface area contributed by atoms with Gasteiger partial charge in [0, 0.05) is 19.3 Å². The Morgan fingerprint density at radius 1 is 0.211 bits per heavy atom. The van der Waals surface area contributed by atoms with Crippen LogP contribution in [0.15, 0.2) is 0 Å². The lowest BCUT2D eigenvalue weighted by atomic mass is 10.0. The van der Waals surface area contributed by atoms with E-state index in [-0.39, 0.29) is 31.1 Å². The van der Waals surface area contributed by atoms with Crippen LogP contribution in [-0.4, -0.2) is 37.2 Å². The second-order valence-electron chi connectivity index (χ2n) is 24.2. The van der Waals surface area contributed by atoms with Crippen LogP contribution in [0.2, 0.25) is 0 Å². The first kappa shape index (κ1) is 74.4. The van der Waals surface area contributed by atoms with E-state index in [1.54, 1.807) is 0 Å². The van der Waals surface area contributed by atoms with Gasteiger partial charge < -0.3 is 14.2 Å². The average molecular weight is 1070 g/mol. The van der Waals surface area contributed by atoms with Crippen LogP contribution in [0.5, 0.6) is 0 Å². The highest BCUT2D eigenvalue weighted by molar-refractivity contribution is 5.71. The number of hydrogen-bond acceptors (Lipinski definition) is 6. The van der Waals surface area contributed by atoms with Crippen molar-refractivity contribution in [3.05, 3.63) is 0 Å². The summed E-state index contributed by atoms with van der Waals surface area (Å²) in [5, 5.41) is 0. The smallest absolute Gasteiger partial charge is 0.306 e. The van der Waals surface area contributed by atoms with E-state index in [4.69, 9.17) is 14.2 Å². The molecule has 0 aromatic heterocycles. The number of esters is 3. The van der Waals surface area contributed by atoms with Gasteiger partial charge in [-0.05, 0) is 19.3 Å². The number of unbranched alkanes of at least 4 members (excludes halogenated alkanes) is 55. The molecule has 0 fully saturated rings. The topological polar surface area (TPSA) is 78.9 Å². The maximum absolute atomic E-state index is 12.9. The van der Waals surface area contributed by atoms with Crippen molar-refractivity contribution in [2.75, 3.05) is 13.2 Å². The molecule has 0 amide bonds. The van der Waals surface area contributed by atoms with Crippen LogP contribution in [0.4, 0.5) is 0 Å². The third kappa shape index (κ3) is 63.2. The zero-order valence-corrected chi connectivity index (χ0v) is 52.1. The second-order valence-corrected chi connectivity index (χ2v) is 24.2. The normalized spacial score (nSPS) is 11.9. The Hall–Kier alpha value is -1.59. The molecule has 0 bridgehead atoms. The first-order valence-electron chi connectivity index (χ1n) is 35.0. The van der Waals surface area contributed by atoms with E-state index in [1.165, 1.54) is 315 Å². The van der Waals surface area contributed by atoms with Gasteiger partial charge in [0.1, 0.15) is 13.2 Å². The first-order chi connectivity index (χ1) is 37.5. The molecule has 0 aliphatic carbocycles. The minimum Gasteiger partial charge on any atom is -0.462 e. The van der Waals surface area contributed by atoms with Crippen LogP contribution in [0.1, 0.15) is 412 Å². The van der Waals surface area contributed by atoms with Gasteiger partial charge in [0.2, 0.25) is 0 Å². The fourth-order valence-electron chi connectivity index (χ4n) is 11.1. The Morgan fingerprint density at radius 2 is 0.355 bits per heavy atom. The van der Waals surface area contributed by atoms with Crippen molar-refractivity contribution in [3.8, 4) is 0 Å². The molecule has 1 unspecified atom stereocenters. The standard InChI is InChI=1S/C70H136O6/c1-4-7-10-13-16-19-21-23-25-27-28-29-30-31-32-33-34-35-36-37-38-39-40-41-42-43-44-46-47-49-51-54-57-60-63-69(72)75-66-67(65-74-68(71)62-59-56-53-18-15-12-9-6-3)76-70(73)64-61-58-55-52-50-48-45-26-24-22-20-17-14-11-8-5-2/h67H,4-66H2,1-3H3. The maximum Gasteiger partial charge on any atom is 0.306 e. The number of ether oxygens (including phenoxy) is 3. The monoisotopic (exact) mass is 1070 g/mol. The van der Waals surface area contributed by atoms with Crippen LogP contribution in [-0.2, 0) is 28.6 Å². The minimum atomic E-state index is -0.761. The lowest BCUT2D eigenvalue weighted by Crippen LogP contribution is -2.30. The van der Waals surface area contributed by atoms with Gasteiger partial charge in [-0.1, -0.05) is 374 Å². The Balaban J connectivity index is 3.91. The summed E-state index contributed by atoms with van der Waals surface area (Å²) in [6, 6.07) is 0. The van der Waals surface area contributed by atoms with Crippen molar-refractivity contribution in [2.45, 2.75) is 419 Å². The highest BCUT2D eigenvalue weighted by atomic mass is 16.6. The van der Waals surface area contributed by atoms with Crippen LogP contribution >= 0.6 is 0 Å². The number of rotatable bonds is 66. The number of carbonyl (C=O) groups excluding carboxylic acids is 3. The molecule has 1 atom stereocenters. The minimum absolute atomic E-state index is 0.0613. The fraction of sp³-hybridized carbons (Fsp3) is 0.957. The molecule has 0 aliphatic rings. The van der Waals surface area contributed by atoms with E-state index in [0.717, 1.165) is 57.8 Å². The van der Waals surface area contributed by atoms with Gasteiger partial charge in [0.05, 0.1) is 0 Å². The van der Waals surface area contributed by atoms with Crippen molar-refractivity contribution < 1.29 is 28.6 Å². The molecule has 452 valence electrons. The molecule has 6 nitrogen and oxygen atoms in total. The average Bonchev–Trinajstić information content (AvgIpc) is 3.42. The molecule has 0 aromatic rings. The molecule has 0 saturated heterocycles. The predicted molar refractivity (Wildman–Crippen MR) is 330 cm³/mol. The number of carbonyl (C=O) groups is 3. The summed E-state index contributed by atoms with van der Waals surface area (Å²) in [7, 11) is 0. The molecule has 76 heavy (non-hydrogen) atoms. The van der Waals surface area contributed by atoms with Gasteiger partial charge in [0.15, 0.2) is 6.10 Å². The molecule has 6 heteroatoms. The van der Waals surface area contributed by atoms with E-state index in [2.05, 4.69) is 20.8 Å². The summed E-state index contributed by atoms with van der Waals surface area (Å²) in [5.41, 5.74) is 0. The van der Waals surface area contributed by atoms with Gasteiger partial charge >= 0.3 is 17.9 Å². The molecule has 0 heterocycles. The molecular weight excluding hydrogens is 937 g/mol. The molecule has 0 aliphatic heterocycles. The third-order valence-electron chi connectivity index (χ3n) is 16.4. The summed E-state index contributed by atoms with van der Waals surface area (Å²) in [6.45, 7) is 6.69. The van der Waals surface area contributed by atoms with Gasteiger partial charge in [-0.2, -0.15) is 0 Å².